The maximum Gasteiger partial charge on any atom is 0.244 e. The molecule has 0 saturated carbocycles. The number of nitrogens with zero attached hydrogens (tertiary/aromatic N) is 1. The number of hydrogen-bond acceptors (Lipinski definition) is 4. The van der Waals surface area contributed by atoms with Gasteiger partial charge in [0.15, 0.2) is 0 Å². The number of benzene rings is 2. The Hall–Kier alpha value is -2.80. The molecule has 0 aliphatic heterocycles. The number of carbonyl (C=O) groups is 2. The summed E-state index contributed by atoms with van der Waals surface area (Å²) in [6, 6.07) is 8.47. The highest BCUT2D eigenvalue weighted by atomic mass is 35.5. The molecule has 26 heavy (non-hydrogen) atoms. The molecular weight excluding hydrogens is 363 g/mol. The predicted molar refractivity (Wildman–Crippen MR) is 97.6 cm³/mol. The van der Waals surface area contributed by atoms with E-state index in [4.69, 9.17) is 21.1 Å². The minimum atomic E-state index is -0.502. The number of ether oxygens (including phenoxy) is 2. The number of carbonyl (C=O) groups excluding carboxylic acids is 2. The normalized spacial score (nSPS) is 10.2. The van der Waals surface area contributed by atoms with Crippen LogP contribution in [0, 0.1) is 5.82 Å². The minimum Gasteiger partial charge on any atom is -0.495 e. The third-order valence-electron chi connectivity index (χ3n) is 3.55. The van der Waals surface area contributed by atoms with Crippen molar-refractivity contribution in [1.82, 2.24) is 0 Å². The zero-order valence-corrected chi connectivity index (χ0v) is 15.3. The van der Waals surface area contributed by atoms with Crippen molar-refractivity contribution in [2.75, 3.05) is 31.0 Å². The van der Waals surface area contributed by atoms with Crippen molar-refractivity contribution in [3.05, 3.63) is 47.2 Å². The summed E-state index contributed by atoms with van der Waals surface area (Å²) in [4.78, 5) is 25.4. The Bertz CT molecular complexity index is 829. The van der Waals surface area contributed by atoms with Gasteiger partial charge in [0.25, 0.3) is 0 Å². The quantitative estimate of drug-likeness (QED) is 0.833. The Morgan fingerprint density at radius 3 is 2.42 bits per heavy atom. The molecule has 0 spiro atoms. The van der Waals surface area contributed by atoms with Gasteiger partial charge in [-0.2, -0.15) is 0 Å². The lowest BCUT2D eigenvalue weighted by Crippen LogP contribution is -2.36. The zero-order chi connectivity index (χ0) is 19.3. The third kappa shape index (κ3) is 4.64. The van der Waals surface area contributed by atoms with Gasteiger partial charge in [0, 0.05) is 24.7 Å². The van der Waals surface area contributed by atoms with E-state index < -0.39 is 17.6 Å². The minimum absolute atomic E-state index is 0.285. The SMILES string of the molecule is COc1cc(NC(=O)CN(C(C)=O)c2cccc(F)c2)c(OC)cc1Cl. The average Bonchev–Trinajstić information content (AvgIpc) is 2.60. The summed E-state index contributed by atoms with van der Waals surface area (Å²) in [5.74, 6) is -0.697. The second-order valence-electron chi connectivity index (χ2n) is 5.32. The first-order valence-corrected chi connectivity index (χ1v) is 7.98. The van der Waals surface area contributed by atoms with Crippen molar-refractivity contribution in [2.45, 2.75) is 6.92 Å². The van der Waals surface area contributed by atoms with Gasteiger partial charge in [-0.1, -0.05) is 17.7 Å². The molecule has 6 nitrogen and oxygen atoms in total. The largest absolute Gasteiger partial charge is 0.495 e. The summed E-state index contributed by atoms with van der Waals surface area (Å²) in [6.45, 7) is 0.997. The second-order valence-corrected chi connectivity index (χ2v) is 5.73. The van der Waals surface area contributed by atoms with Crippen LogP contribution < -0.4 is 19.7 Å². The smallest absolute Gasteiger partial charge is 0.244 e. The number of halogens is 2. The molecule has 0 heterocycles. The second kappa shape index (κ2) is 8.53. The lowest BCUT2D eigenvalue weighted by atomic mass is 10.2. The van der Waals surface area contributed by atoms with Crippen LogP contribution in [0.2, 0.25) is 5.02 Å². The lowest BCUT2D eigenvalue weighted by molar-refractivity contribution is -0.120. The highest BCUT2D eigenvalue weighted by Gasteiger charge is 2.18. The van der Waals surface area contributed by atoms with E-state index in [1.165, 1.54) is 51.5 Å². The number of amides is 2. The van der Waals surface area contributed by atoms with Crippen molar-refractivity contribution in [3.8, 4) is 11.5 Å². The van der Waals surface area contributed by atoms with E-state index in [-0.39, 0.29) is 12.2 Å². The topological polar surface area (TPSA) is 67.9 Å². The van der Waals surface area contributed by atoms with Crippen LogP contribution >= 0.6 is 11.6 Å². The molecule has 2 amide bonds. The van der Waals surface area contributed by atoms with Gasteiger partial charge in [0.2, 0.25) is 11.8 Å². The molecule has 0 saturated heterocycles. The zero-order valence-electron chi connectivity index (χ0n) is 14.5. The van der Waals surface area contributed by atoms with Crippen LogP contribution in [0.25, 0.3) is 0 Å². The van der Waals surface area contributed by atoms with Gasteiger partial charge in [-0.25, -0.2) is 4.39 Å². The lowest BCUT2D eigenvalue weighted by Gasteiger charge is -2.21. The fraction of sp³-hybridized carbons (Fsp3) is 0.222. The first-order chi connectivity index (χ1) is 12.3. The summed E-state index contributed by atoms with van der Waals surface area (Å²) in [7, 11) is 2.88. The van der Waals surface area contributed by atoms with Crippen molar-refractivity contribution in [3.63, 3.8) is 0 Å². The maximum atomic E-state index is 13.4. The molecule has 0 aliphatic rings. The summed E-state index contributed by atoms with van der Waals surface area (Å²) in [6.07, 6.45) is 0. The number of hydrogen-bond donors (Lipinski definition) is 1. The molecule has 2 aromatic rings. The van der Waals surface area contributed by atoms with E-state index in [1.807, 2.05) is 0 Å². The molecule has 0 atom stereocenters. The fourth-order valence-corrected chi connectivity index (χ4v) is 2.55. The van der Waals surface area contributed by atoms with Gasteiger partial charge in [0.05, 0.1) is 24.9 Å². The van der Waals surface area contributed by atoms with Crippen LogP contribution in [-0.2, 0) is 9.59 Å². The summed E-state index contributed by atoms with van der Waals surface area (Å²) in [5, 5.41) is 2.97. The summed E-state index contributed by atoms with van der Waals surface area (Å²) in [5.41, 5.74) is 0.620. The van der Waals surface area contributed by atoms with Crippen LogP contribution in [0.4, 0.5) is 15.8 Å². The highest BCUT2D eigenvalue weighted by Crippen LogP contribution is 2.35. The molecule has 0 fully saturated rings. The number of nitrogens with one attached hydrogen (secondary N) is 1. The van der Waals surface area contributed by atoms with Gasteiger partial charge in [-0.15, -0.1) is 0 Å². The fourth-order valence-electron chi connectivity index (χ4n) is 2.32. The number of methoxy groups -OCH3 is 2. The van der Waals surface area contributed by atoms with E-state index in [0.717, 1.165) is 4.90 Å². The first-order valence-electron chi connectivity index (χ1n) is 7.60. The Balaban J connectivity index is 2.22. The van der Waals surface area contributed by atoms with E-state index in [0.29, 0.717) is 22.2 Å². The van der Waals surface area contributed by atoms with Crippen molar-refractivity contribution < 1.29 is 23.5 Å². The molecule has 0 unspecified atom stereocenters. The predicted octanol–water partition coefficient (Wildman–Crippen LogP) is 3.49. The summed E-state index contributed by atoms with van der Waals surface area (Å²) >= 11 is 6.03. The molecule has 138 valence electrons. The van der Waals surface area contributed by atoms with Gasteiger partial charge in [-0.05, 0) is 18.2 Å². The van der Waals surface area contributed by atoms with Crippen LogP contribution in [0.15, 0.2) is 36.4 Å². The van der Waals surface area contributed by atoms with Crippen LogP contribution in [0.5, 0.6) is 11.5 Å². The first kappa shape index (κ1) is 19.5. The van der Waals surface area contributed by atoms with Crippen molar-refractivity contribution >= 4 is 34.8 Å². The van der Waals surface area contributed by atoms with Gasteiger partial charge in [-0.3, -0.25) is 9.59 Å². The molecule has 8 heteroatoms. The van der Waals surface area contributed by atoms with Crippen LogP contribution in [0.3, 0.4) is 0 Å². The molecule has 2 aromatic carbocycles. The molecule has 1 N–H and O–H groups in total. The molecule has 0 aliphatic carbocycles. The number of anilines is 2. The van der Waals surface area contributed by atoms with E-state index >= 15 is 0 Å². The van der Waals surface area contributed by atoms with Crippen molar-refractivity contribution in [2.24, 2.45) is 0 Å². The monoisotopic (exact) mass is 380 g/mol. The average molecular weight is 381 g/mol. The van der Waals surface area contributed by atoms with E-state index in [2.05, 4.69) is 5.32 Å². The molecule has 0 bridgehead atoms. The molecule has 2 rings (SSSR count). The molecule has 0 radical (unpaired) electrons. The third-order valence-corrected chi connectivity index (χ3v) is 3.85. The van der Waals surface area contributed by atoms with Gasteiger partial charge >= 0.3 is 0 Å². The standard InChI is InChI=1S/C18H18ClFN2O4/c1-11(23)22(13-6-4-5-12(20)7-13)10-18(24)21-15-9-16(25-2)14(19)8-17(15)26-3/h4-9H,10H2,1-3H3,(H,21,24). The molecule has 0 aromatic heterocycles. The summed E-state index contributed by atoms with van der Waals surface area (Å²) < 4.78 is 23.7. The van der Waals surface area contributed by atoms with Gasteiger partial charge < -0.3 is 19.7 Å². The Labute approximate surface area is 155 Å². The van der Waals surface area contributed by atoms with Crippen molar-refractivity contribution in [1.29, 1.82) is 0 Å². The number of rotatable bonds is 6. The highest BCUT2D eigenvalue weighted by molar-refractivity contribution is 6.32. The maximum absolute atomic E-state index is 13.4. The molecular formula is C18H18ClFN2O4. The van der Waals surface area contributed by atoms with Crippen LogP contribution in [0.1, 0.15) is 6.92 Å². The Kier molecular flexibility index (Phi) is 6.41. The van der Waals surface area contributed by atoms with E-state index in [9.17, 15) is 14.0 Å². The Morgan fingerprint density at radius 1 is 1.15 bits per heavy atom. The van der Waals surface area contributed by atoms with Gasteiger partial charge in [0.1, 0.15) is 23.9 Å². The Morgan fingerprint density at radius 2 is 1.85 bits per heavy atom. The van der Waals surface area contributed by atoms with E-state index in [1.54, 1.807) is 6.07 Å². The van der Waals surface area contributed by atoms with Crippen LogP contribution in [-0.4, -0.2) is 32.6 Å².